The van der Waals surface area contributed by atoms with Crippen LogP contribution >= 0.6 is 12.6 Å². The van der Waals surface area contributed by atoms with Crippen molar-refractivity contribution in [1.29, 1.82) is 0 Å². The van der Waals surface area contributed by atoms with Crippen molar-refractivity contribution in [2.75, 3.05) is 84.2 Å². The van der Waals surface area contributed by atoms with Gasteiger partial charge in [-0.05, 0) is 75.8 Å². The number of amides is 6. The summed E-state index contributed by atoms with van der Waals surface area (Å²) in [6.07, 6.45) is 7.69. The van der Waals surface area contributed by atoms with Crippen molar-refractivity contribution in [2.45, 2.75) is 53.6 Å². The third-order valence-corrected chi connectivity index (χ3v) is 9.29. The Balaban J connectivity index is 0.00000143. The quantitative estimate of drug-likeness (QED) is 0.0235. The normalized spacial score (nSPS) is 12.3. The van der Waals surface area contributed by atoms with Gasteiger partial charge in [-0.3, -0.25) is 29.5 Å². The van der Waals surface area contributed by atoms with Crippen LogP contribution in [-0.4, -0.2) is 147 Å². The Bertz CT molecular complexity index is 2120. The summed E-state index contributed by atoms with van der Waals surface area (Å²) in [5.74, 6) is -1.46. The molecule has 22 heteroatoms. The molecule has 0 aliphatic carbocycles. The fraction of sp³-hybridized carbons (Fsp3) is 0.435. The molecule has 5 rings (SSSR count). The van der Waals surface area contributed by atoms with E-state index in [9.17, 15) is 33.2 Å². The van der Waals surface area contributed by atoms with Gasteiger partial charge in [-0.2, -0.15) is 49.6 Å². The molecule has 2 aliphatic rings. The average Bonchev–Trinajstić information content (AvgIpc) is 4.16. The van der Waals surface area contributed by atoms with Crippen LogP contribution in [0.5, 0.6) is 0 Å². The van der Waals surface area contributed by atoms with E-state index in [1.807, 2.05) is 71.9 Å². The second-order valence-corrected chi connectivity index (χ2v) is 15.2. The zero-order valence-electron chi connectivity index (χ0n) is 39.7. The number of carbonyl (C=O) groups excluding carboxylic acids is 6. The molecular weight excluding hydrogens is 1370 g/mol. The van der Waals surface area contributed by atoms with Crippen molar-refractivity contribution in [3.05, 3.63) is 111 Å². The van der Waals surface area contributed by atoms with Crippen LogP contribution in [0.1, 0.15) is 66.0 Å². The molecule has 2 aromatic carbocycles. The standard InChI is InChI=1S/C29H34FN6O6.C13H16N3O2.C3H8N.CH4S.Fm.U/c1-22-4-2-3-5-24(22)27(33-32-20-38)17-23-6-7-26(30)25(16-23)29(41)36-11-9-35(10-12-36)28(40)18-34(21-39)13-15-42-14-8-31-19-37;1-8-10(16-12(17)18-13(2,3)4)5-9(6-14-8)11-7-15-11;1-3-4-2;1-2;;/h2-7,16,19-20H,8-15,17-18H2,1H3,(H,31,37)(H,32,38);5-7H,1-4H3,(H,16,17);3H2,1-2H3;2H,1H3;;/q3*-1;;;+2/b33-27-;;;;;. The van der Waals surface area contributed by atoms with Gasteiger partial charge in [0.25, 0.3) is 5.91 Å². The van der Waals surface area contributed by atoms with Gasteiger partial charge in [0.1, 0.15) is 11.4 Å². The zero-order chi connectivity index (χ0) is 49.1. The van der Waals surface area contributed by atoms with Crippen LogP contribution in [0.4, 0.5) is 14.9 Å². The first-order chi connectivity index (χ1) is 31.6. The maximum Gasteiger partial charge on any atom is 2.00 e. The fourth-order valence-corrected chi connectivity index (χ4v) is 5.85. The molecule has 68 heavy (non-hydrogen) atoms. The van der Waals surface area contributed by atoms with Gasteiger partial charge in [0.15, 0.2) is 0 Å². The number of piperazine rings is 1. The van der Waals surface area contributed by atoms with Gasteiger partial charge >= 0.3 is 37.2 Å². The van der Waals surface area contributed by atoms with E-state index in [0.717, 1.165) is 34.6 Å². The van der Waals surface area contributed by atoms with E-state index in [4.69, 9.17) is 9.47 Å². The molecule has 3 aromatic rings. The number of hydrogen-bond donors (Lipinski definition) is 4. The maximum atomic E-state index is 14.8. The number of aryl methyl sites for hydroxylation is 2. The number of carbonyl (C=O) groups is 5. The summed E-state index contributed by atoms with van der Waals surface area (Å²) in [4.78, 5) is 78.4. The number of rotatable bonds is 19. The van der Waals surface area contributed by atoms with Gasteiger partial charge in [0.05, 0.1) is 42.4 Å². The smallest absolute Gasteiger partial charge is 0.666 e. The molecule has 18 nitrogen and oxygen atoms in total. The van der Waals surface area contributed by atoms with Gasteiger partial charge in [-0.15, -0.1) is 0 Å². The van der Waals surface area contributed by atoms with E-state index in [0.29, 0.717) is 36.3 Å². The first kappa shape index (κ1) is 61.7. The van der Waals surface area contributed by atoms with Crippen molar-refractivity contribution in [1.82, 2.24) is 30.4 Å². The van der Waals surface area contributed by atoms with Crippen molar-refractivity contribution in [3.8, 4) is 0 Å². The molecule has 0 unspecified atom stereocenters. The summed E-state index contributed by atoms with van der Waals surface area (Å²) in [5.41, 5.74) is 7.85. The third kappa shape index (κ3) is 22.4. The van der Waals surface area contributed by atoms with Crippen LogP contribution in [0.3, 0.4) is 0 Å². The molecule has 1 saturated heterocycles. The number of halogens is 1. The molecule has 0 saturated carbocycles. The minimum atomic E-state index is -0.663. The summed E-state index contributed by atoms with van der Waals surface area (Å²) >= 11 is 3.53. The number of aromatic nitrogens is 1. The Morgan fingerprint density at radius 3 is 2.24 bits per heavy atom. The van der Waals surface area contributed by atoms with Crippen LogP contribution in [0.25, 0.3) is 16.3 Å². The van der Waals surface area contributed by atoms with Gasteiger partial charge < -0.3 is 44.9 Å². The summed E-state index contributed by atoms with van der Waals surface area (Å²) < 4.78 is 25.3. The Morgan fingerprint density at radius 2 is 1.66 bits per heavy atom. The zero-order valence-corrected chi connectivity index (χ0v) is 47.2. The van der Waals surface area contributed by atoms with E-state index in [2.05, 4.69) is 49.4 Å². The van der Waals surface area contributed by atoms with E-state index < -0.39 is 23.4 Å². The van der Waals surface area contributed by atoms with Crippen LogP contribution < -0.4 is 16.1 Å². The number of pyridine rings is 1. The predicted octanol–water partition coefficient (Wildman–Crippen LogP) is 5.22. The number of anilines is 1. The molecule has 0 spiro atoms. The van der Waals surface area contributed by atoms with Gasteiger partial charge in [-0.25, -0.2) is 14.6 Å². The molecule has 3 N–H and O–H groups in total. The maximum absolute atomic E-state index is 14.8. The summed E-state index contributed by atoms with van der Waals surface area (Å²) in [7, 11) is 1.81. The van der Waals surface area contributed by atoms with Crippen LogP contribution in [0, 0.1) is 50.8 Å². The number of nitrogens with zero attached hydrogens (tertiary/aromatic N) is 7. The SMILES string of the molecule is CC[N-]C.CS.Cc1ccccc1/C(Cc1ccc(F)c(C(=O)N2CCN(C(=O)CN([C-]=O)CCOCCNC=O)CC2)c1)=N\NC=O.Cc1ncc(C2=C[N-]2)cc1NC(=O)OC(C)(C)C.[Fm].[U+2]. The van der Waals surface area contributed by atoms with Crippen LogP contribution in [0.15, 0.2) is 66.0 Å². The molecule has 374 valence electrons. The van der Waals surface area contributed by atoms with Crippen molar-refractivity contribution in [3.63, 3.8) is 0 Å². The topological polar surface area (TPSA) is 220 Å². The molecule has 6 amide bonds. The number of thiol groups is 1. The Labute approximate surface area is 422 Å². The Hall–Kier alpha value is -6.33. The minimum absolute atomic E-state index is 0. The van der Waals surface area contributed by atoms with Crippen molar-refractivity contribution >= 4 is 66.9 Å². The van der Waals surface area contributed by atoms with Gasteiger partial charge in [-0.1, -0.05) is 37.3 Å². The van der Waals surface area contributed by atoms with Crippen LogP contribution in [-0.2, 0) is 35.1 Å². The van der Waals surface area contributed by atoms with E-state index in [-0.39, 0.29) is 101 Å². The molecule has 3 heterocycles. The summed E-state index contributed by atoms with van der Waals surface area (Å²) in [6.45, 7) is 13.8. The van der Waals surface area contributed by atoms with Crippen molar-refractivity contribution in [2.24, 2.45) is 5.10 Å². The van der Waals surface area contributed by atoms with E-state index in [1.165, 1.54) is 21.9 Å². The largest absolute Gasteiger partial charge is 2.00 e. The summed E-state index contributed by atoms with van der Waals surface area (Å²) in [6, 6.07) is 13.6. The first-order valence-electron chi connectivity index (χ1n) is 21.1. The van der Waals surface area contributed by atoms with E-state index >= 15 is 0 Å². The Morgan fingerprint density at radius 1 is 1.01 bits per heavy atom. The van der Waals surface area contributed by atoms with Gasteiger partial charge in [0, 0.05) is 57.4 Å². The van der Waals surface area contributed by atoms with E-state index in [1.54, 1.807) is 43.1 Å². The number of ether oxygens (including phenoxy) is 2. The molecular formula is C46H62FFmN10O8SU-. The molecule has 1 fully saturated rings. The molecule has 2 aliphatic heterocycles. The second kappa shape index (κ2) is 33.2. The number of benzene rings is 2. The number of hydrazone groups is 1. The third-order valence-electron chi connectivity index (χ3n) is 9.29. The first-order valence-corrected chi connectivity index (χ1v) is 22.0. The second-order valence-electron chi connectivity index (χ2n) is 15.2. The minimum Gasteiger partial charge on any atom is -0.666 e. The number of nitrogens with one attached hydrogen (secondary N) is 3. The molecule has 1 aromatic heterocycles. The average molecular weight is 1430 g/mol. The fourth-order valence-electron chi connectivity index (χ4n) is 5.85. The molecule has 0 bridgehead atoms. The monoisotopic (exact) mass is 1430 g/mol. The predicted molar refractivity (Wildman–Crippen MR) is 257 cm³/mol. The van der Waals surface area contributed by atoms with Gasteiger partial charge in [0.2, 0.25) is 18.7 Å². The number of hydrogen-bond acceptors (Lipinski definition) is 11. The van der Waals surface area contributed by atoms with Crippen molar-refractivity contribution < 1.29 is 73.7 Å². The molecule has 0 radical (unpaired) electrons. The molecule has 0 atom stereocenters. The summed E-state index contributed by atoms with van der Waals surface area (Å²) in [5, 5.41) is 17.0. The Kier molecular flexibility index (Phi) is 30.1. The van der Waals surface area contributed by atoms with Crippen LogP contribution in [0.2, 0.25) is 0 Å².